The summed E-state index contributed by atoms with van der Waals surface area (Å²) in [5, 5.41) is 19.0. The van der Waals surface area contributed by atoms with E-state index in [1.54, 1.807) is 74.5 Å². The number of nitro benzene ring substituents is 1. The molecule has 0 radical (unpaired) electrons. The van der Waals surface area contributed by atoms with E-state index in [-0.39, 0.29) is 42.3 Å². The number of ketones is 1. The number of guanidine groups is 1. The molecule has 0 aliphatic heterocycles. The monoisotopic (exact) mass is 644 g/mol. The number of Topliss-reactive ketones (excluding diaryl/α,β-unsaturated/α-hetero) is 1. The number of nitro groups is 1. The van der Waals surface area contributed by atoms with E-state index < -0.39 is 52.0 Å². The first kappa shape index (κ1) is 35.8. The van der Waals surface area contributed by atoms with Gasteiger partial charge in [-0.1, -0.05) is 74.5 Å². The molecule has 14 nitrogen and oxygen atoms in total. The van der Waals surface area contributed by atoms with Crippen LogP contribution in [0.3, 0.4) is 0 Å². The van der Waals surface area contributed by atoms with E-state index in [0.29, 0.717) is 12.0 Å². The van der Waals surface area contributed by atoms with Crippen molar-refractivity contribution >= 4 is 40.8 Å². The number of hydrogen-bond acceptors (Lipinski definition) is 8. The summed E-state index contributed by atoms with van der Waals surface area (Å²) in [6.07, 6.45) is 0.288. The second-order valence-electron chi connectivity index (χ2n) is 11.3. The molecule has 248 valence electrons. The Morgan fingerprint density at radius 1 is 0.872 bits per heavy atom. The Balaban J connectivity index is 1.85. The van der Waals surface area contributed by atoms with Crippen LogP contribution in [-0.2, 0) is 20.8 Å². The molecule has 0 aliphatic carbocycles. The van der Waals surface area contributed by atoms with Crippen molar-refractivity contribution in [1.29, 1.82) is 0 Å². The van der Waals surface area contributed by atoms with E-state index in [1.807, 2.05) is 0 Å². The van der Waals surface area contributed by atoms with Crippen molar-refractivity contribution < 1.29 is 24.1 Å². The molecule has 3 rings (SSSR count). The first-order valence-corrected chi connectivity index (χ1v) is 15.0. The summed E-state index contributed by atoms with van der Waals surface area (Å²) in [5.41, 5.74) is 16.4. The zero-order chi connectivity index (χ0) is 34.6. The largest absolute Gasteiger partial charge is 0.370 e. The maximum absolute atomic E-state index is 13.9. The number of aliphatic imine (C=N–C) groups is 1. The summed E-state index contributed by atoms with van der Waals surface area (Å²) in [6.45, 7) is 3.58. The predicted octanol–water partition coefficient (Wildman–Crippen LogP) is 2.04. The molecule has 3 aromatic carbocycles. The maximum Gasteiger partial charge on any atom is 0.269 e. The molecule has 3 atom stereocenters. The highest BCUT2D eigenvalue weighted by Crippen LogP contribution is 2.20. The number of non-ortho nitro benzene ring substituents is 1. The smallest absolute Gasteiger partial charge is 0.269 e. The van der Waals surface area contributed by atoms with E-state index in [1.165, 1.54) is 24.3 Å². The van der Waals surface area contributed by atoms with Crippen LogP contribution in [0.1, 0.15) is 42.6 Å². The van der Waals surface area contributed by atoms with Gasteiger partial charge in [0.2, 0.25) is 17.7 Å². The van der Waals surface area contributed by atoms with Gasteiger partial charge in [0.05, 0.1) is 4.92 Å². The predicted molar refractivity (Wildman–Crippen MR) is 178 cm³/mol. The summed E-state index contributed by atoms with van der Waals surface area (Å²) in [4.78, 5) is 69.0. The Bertz CT molecular complexity index is 1580. The van der Waals surface area contributed by atoms with Gasteiger partial charge in [-0.05, 0) is 36.5 Å². The van der Waals surface area contributed by atoms with E-state index in [4.69, 9.17) is 17.2 Å². The summed E-state index contributed by atoms with van der Waals surface area (Å²) < 4.78 is 0. The lowest BCUT2D eigenvalue weighted by molar-refractivity contribution is -0.384. The van der Waals surface area contributed by atoms with Crippen LogP contribution in [0.2, 0.25) is 0 Å². The van der Waals surface area contributed by atoms with Crippen molar-refractivity contribution in [3.05, 3.63) is 106 Å². The van der Waals surface area contributed by atoms with Crippen LogP contribution in [0.25, 0.3) is 0 Å². The lowest BCUT2D eigenvalue weighted by atomic mass is 9.83. The van der Waals surface area contributed by atoms with Gasteiger partial charge in [-0.3, -0.25) is 34.3 Å². The van der Waals surface area contributed by atoms with Crippen molar-refractivity contribution in [3.63, 3.8) is 0 Å². The van der Waals surface area contributed by atoms with E-state index in [9.17, 15) is 29.3 Å². The molecule has 3 aromatic rings. The number of amides is 3. The number of carbonyl (C=O) groups excluding carboxylic acids is 4. The average Bonchev–Trinajstić information content (AvgIpc) is 3.05. The highest BCUT2D eigenvalue weighted by Gasteiger charge is 2.44. The Kier molecular flexibility index (Phi) is 12.7. The molecule has 9 N–H and O–H groups in total. The van der Waals surface area contributed by atoms with Crippen molar-refractivity contribution in [2.45, 2.75) is 50.7 Å². The second kappa shape index (κ2) is 16.6. The summed E-state index contributed by atoms with van der Waals surface area (Å²) in [7, 11) is 0. The molecule has 0 heterocycles. The second-order valence-corrected chi connectivity index (χ2v) is 11.3. The third-order valence-electron chi connectivity index (χ3n) is 7.33. The Labute approximate surface area is 272 Å². The van der Waals surface area contributed by atoms with Crippen molar-refractivity contribution in [3.8, 4) is 0 Å². The zero-order valence-electron chi connectivity index (χ0n) is 26.2. The molecule has 0 unspecified atom stereocenters. The maximum atomic E-state index is 13.9. The quantitative estimate of drug-likeness (QED) is 0.0254. The number of nitrogens with two attached hydrogens (primary N) is 3. The average molecular weight is 645 g/mol. The van der Waals surface area contributed by atoms with Gasteiger partial charge in [-0.15, -0.1) is 0 Å². The van der Waals surface area contributed by atoms with Crippen LogP contribution in [-0.4, -0.2) is 58.6 Å². The SMILES string of the molecule is CC(C)[C@H](NC(=O)[C@@](N)(Cc1ccccc1)C(=O)c1ccccc1)C(=O)N[C@@H](CCCN=C(N)N)C(=O)Nc1ccc([N+](=O)[O-])cc1. The van der Waals surface area contributed by atoms with Crippen LogP contribution in [0, 0.1) is 16.0 Å². The van der Waals surface area contributed by atoms with Crippen LogP contribution in [0.5, 0.6) is 0 Å². The third-order valence-corrected chi connectivity index (χ3v) is 7.33. The lowest BCUT2D eigenvalue weighted by Gasteiger charge is -2.31. The number of rotatable bonds is 16. The van der Waals surface area contributed by atoms with Gasteiger partial charge in [0.1, 0.15) is 12.1 Å². The number of nitrogens with one attached hydrogen (secondary N) is 3. The first-order valence-electron chi connectivity index (χ1n) is 15.0. The molecular weight excluding hydrogens is 604 g/mol. The minimum absolute atomic E-state index is 0.113. The molecule has 0 spiro atoms. The van der Waals surface area contributed by atoms with Crippen molar-refractivity contribution in [2.24, 2.45) is 28.1 Å². The van der Waals surface area contributed by atoms with Crippen molar-refractivity contribution in [2.75, 3.05) is 11.9 Å². The van der Waals surface area contributed by atoms with Gasteiger partial charge in [0.25, 0.3) is 5.69 Å². The Morgan fingerprint density at radius 3 is 2.02 bits per heavy atom. The molecule has 47 heavy (non-hydrogen) atoms. The standard InChI is InChI=1S/C33H40N8O6/c1-21(2)27(40-31(45)33(36,20-22-10-5-3-6-11-22)28(42)23-12-7-4-8-13-23)30(44)39-26(14-9-19-37-32(34)35)29(43)38-24-15-17-25(18-16-24)41(46)47/h3-8,10-13,15-18,21,26-27H,9,14,19-20,36H2,1-2H3,(H,38,43)(H,39,44)(H,40,45)(H4,34,35,37)/t26-,27-,33+/m0/s1. The molecule has 0 aliphatic rings. The lowest BCUT2D eigenvalue weighted by Crippen LogP contribution is -2.65. The van der Waals surface area contributed by atoms with Gasteiger partial charge < -0.3 is 33.2 Å². The first-order chi connectivity index (χ1) is 22.3. The van der Waals surface area contributed by atoms with Crippen LogP contribution >= 0.6 is 0 Å². The van der Waals surface area contributed by atoms with Crippen LogP contribution in [0.15, 0.2) is 89.9 Å². The molecule has 3 amide bonds. The normalized spacial score (nSPS) is 13.4. The van der Waals surface area contributed by atoms with Crippen LogP contribution in [0.4, 0.5) is 11.4 Å². The van der Waals surface area contributed by atoms with Gasteiger partial charge in [0.15, 0.2) is 17.3 Å². The summed E-state index contributed by atoms with van der Waals surface area (Å²) in [5.74, 6) is -3.39. The van der Waals surface area contributed by atoms with E-state index >= 15 is 0 Å². The highest BCUT2D eigenvalue weighted by atomic mass is 16.6. The molecule has 0 saturated carbocycles. The molecule has 0 aromatic heterocycles. The fourth-order valence-corrected chi connectivity index (χ4v) is 4.76. The minimum atomic E-state index is -2.07. The number of hydrogen-bond donors (Lipinski definition) is 6. The van der Waals surface area contributed by atoms with Gasteiger partial charge in [-0.2, -0.15) is 0 Å². The Hall–Kier alpha value is -5.63. The molecule has 0 saturated heterocycles. The number of carbonyl (C=O) groups is 4. The Morgan fingerprint density at radius 2 is 1.47 bits per heavy atom. The molecule has 14 heteroatoms. The molecule has 0 fully saturated rings. The fourth-order valence-electron chi connectivity index (χ4n) is 4.76. The number of anilines is 1. The highest BCUT2D eigenvalue weighted by molar-refractivity contribution is 6.18. The number of benzene rings is 3. The van der Waals surface area contributed by atoms with Gasteiger partial charge in [-0.25, -0.2) is 0 Å². The van der Waals surface area contributed by atoms with Gasteiger partial charge in [0, 0.05) is 36.3 Å². The van der Waals surface area contributed by atoms with Crippen LogP contribution < -0.4 is 33.2 Å². The van der Waals surface area contributed by atoms with E-state index in [2.05, 4.69) is 20.9 Å². The zero-order valence-corrected chi connectivity index (χ0v) is 26.2. The topological polar surface area (TPSA) is 238 Å². The number of nitrogens with zero attached hydrogens (tertiary/aromatic N) is 2. The summed E-state index contributed by atoms with van der Waals surface area (Å²) in [6, 6.07) is 19.9. The van der Waals surface area contributed by atoms with Crippen molar-refractivity contribution in [1.82, 2.24) is 10.6 Å². The third kappa shape index (κ3) is 10.2. The molecular formula is C33H40N8O6. The van der Waals surface area contributed by atoms with E-state index in [0.717, 1.165) is 0 Å². The molecule has 0 bridgehead atoms. The fraction of sp³-hybridized carbons (Fsp3) is 0.303. The van der Waals surface area contributed by atoms with Gasteiger partial charge >= 0.3 is 0 Å². The minimum Gasteiger partial charge on any atom is -0.370 e. The summed E-state index contributed by atoms with van der Waals surface area (Å²) >= 11 is 0.